The Balaban J connectivity index is 2.08. The summed E-state index contributed by atoms with van der Waals surface area (Å²) in [6.45, 7) is 4.52. The molecule has 5 heteroatoms. The summed E-state index contributed by atoms with van der Waals surface area (Å²) >= 11 is 0. The maximum absolute atomic E-state index is 9.41. The van der Waals surface area contributed by atoms with Gasteiger partial charge in [-0.05, 0) is 26.2 Å². The fourth-order valence-corrected chi connectivity index (χ4v) is 2.33. The van der Waals surface area contributed by atoms with Gasteiger partial charge in [0.15, 0.2) is 0 Å². The van der Waals surface area contributed by atoms with E-state index in [1.807, 2.05) is 18.0 Å². The molecule has 5 nitrogen and oxygen atoms in total. The molecule has 2 rings (SSSR count). The van der Waals surface area contributed by atoms with Gasteiger partial charge in [0.1, 0.15) is 18.0 Å². The standard InChI is InChI=1S/C13H22N4O/c1-11(18)9-16(2)12-8-13(15-10-14-12)17-6-4-3-5-7-17/h8,10-11,18H,3-7,9H2,1-2H3/t11-/m0/s1. The summed E-state index contributed by atoms with van der Waals surface area (Å²) in [4.78, 5) is 12.9. The number of anilines is 2. The van der Waals surface area contributed by atoms with Gasteiger partial charge < -0.3 is 14.9 Å². The third kappa shape index (κ3) is 3.32. The number of hydrogen-bond donors (Lipinski definition) is 1. The Hall–Kier alpha value is -1.36. The van der Waals surface area contributed by atoms with Crippen LogP contribution < -0.4 is 9.80 Å². The normalized spacial score (nSPS) is 17.6. The van der Waals surface area contributed by atoms with Crippen LogP contribution >= 0.6 is 0 Å². The van der Waals surface area contributed by atoms with Crippen LogP contribution in [-0.4, -0.2) is 47.9 Å². The van der Waals surface area contributed by atoms with Gasteiger partial charge >= 0.3 is 0 Å². The van der Waals surface area contributed by atoms with E-state index in [1.54, 1.807) is 13.3 Å². The maximum Gasteiger partial charge on any atom is 0.134 e. The van der Waals surface area contributed by atoms with Crippen molar-refractivity contribution < 1.29 is 5.11 Å². The van der Waals surface area contributed by atoms with Crippen molar-refractivity contribution in [3.63, 3.8) is 0 Å². The average molecular weight is 250 g/mol. The quantitative estimate of drug-likeness (QED) is 0.872. The second kappa shape index (κ2) is 6.00. The van der Waals surface area contributed by atoms with Crippen molar-refractivity contribution in [1.82, 2.24) is 9.97 Å². The molecular weight excluding hydrogens is 228 g/mol. The minimum Gasteiger partial charge on any atom is -0.392 e. The molecule has 0 unspecified atom stereocenters. The zero-order valence-corrected chi connectivity index (χ0v) is 11.2. The monoisotopic (exact) mass is 250 g/mol. The lowest BCUT2D eigenvalue weighted by molar-refractivity contribution is 0.201. The molecule has 1 saturated heterocycles. The van der Waals surface area contributed by atoms with Crippen molar-refractivity contribution in [3.05, 3.63) is 12.4 Å². The van der Waals surface area contributed by atoms with Crippen molar-refractivity contribution in [1.29, 1.82) is 0 Å². The largest absolute Gasteiger partial charge is 0.392 e. The van der Waals surface area contributed by atoms with E-state index in [0.717, 1.165) is 24.7 Å². The minimum absolute atomic E-state index is 0.358. The smallest absolute Gasteiger partial charge is 0.134 e. The van der Waals surface area contributed by atoms with Gasteiger partial charge in [0, 0.05) is 32.7 Å². The zero-order valence-electron chi connectivity index (χ0n) is 11.2. The van der Waals surface area contributed by atoms with Gasteiger partial charge in [-0.1, -0.05) is 0 Å². The number of piperidine rings is 1. The van der Waals surface area contributed by atoms with E-state index in [2.05, 4.69) is 14.9 Å². The third-order valence-corrected chi connectivity index (χ3v) is 3.25. The van der Waals surface area contributed by atoms with Crippen LogP contribution in [0, 0.1) is 0 Å². The van der Waals surface area contributed by atoms with E-state index < -0.39 is 0 Å². The zero-order chi connectivity index (χ0) is 13.0. The molecule has 1 aliphatic heterocycles. The van der Waals surface area contributed by atoms with Crippen molar-refractivity contribution in [2.75, 3.05) is 36.5 Å². The molecule has 0 amide bonds. The molecule has 1 aromatic rings. The van der Waals surface area contributed by atoms with Crippen LogP contribution in [0.2, 0.25) is 0 Å². The number of aromatic nitrogens is 2. The first-order chi connectivity index (χ1) is 8.66. The molecule has 0 bridgehead atoms. The molecule has 1 atom stereocenters. The van der Waals surface area contributed by atoms with Gasteiger partial charge in [-0.15, -0.1) is 0 Å². The van der Waals surface area contributed by atoms with Gasteiger partial charge in [0.05, 0.1) is 6.10 Å². The highest BCUT2D eigenvalue weighted by Crippen LogP contribution is 2.20. The van der Waals surface area contributed by atoms with E-state index >= 15 is 0 Å². The third-order valence-electron chi connectivity index (χ3n) is 3.25. The summed E-state index contributed by atoms with van der Waals surface area (Å²) in [5.74, 6) is 1.86. The van der Waals surface area contributed by atoms with Gasteiger partial charge in [-0.3, -0.25) is 0 Å². The predicted molar refractivity (Wildman–Crippen MR) is 73.0 cm³/mol. The Morgan fingerprint density at radius 2 is 2.06 bits per heavy atom. The Bertz CT molecular complexity index is 377. The first-order valence-corrected chi connectivity index (χ1v) is 6.63. The first-order valence-electron chi connectivity index (χ1n) is 6.63. The summed E-state index contributed by atoms with van der Waals surface area (Å²) in [6.07, 6.45) is 5.04. The molecule has 0 aromatic carbocycles. The fourth-order valence-electron chi connectivity index (χ4n) is 2.33. The Morgan fingerprint density at radius 3 is 2.72 bits per heavy atom. The molecule has 100 valence electrons. The summed E-state index contributed by atoms with van der Waals surface area (Å²) < 4.78 is 0. The molecule has 2 heterocycles. The first kappa shape index (κ1) is 13.1. The van der Waals surface area contributed by atoms with Crippen LogP contribution in [0.1, 0.15) is 26.2 Å². The van der Waals surface area contributed by atoms with Gasteiger partial charge in [-0.25, -0.2) is 9.97 Å². The number of rotatable bonds is 4. The molecule has 1 aliphatic rings. The molecule has 1 N–H and O–H groups in total. The molecule has 0 saturated carbocycles. The minimum atomic E-state index is -0.358. The van der Waals surface area contributed by atoms with E-state index in [1.165, 1.54) is 19.3 Å². The molecule has 18 heavy (non-hydrogen) atoms. The van der Waals surface area contributed by atoms with E-state index in [0.29, 0.717) is 6.54 Å². The lowest BCUT2D eigenvalue weighted by atomic mass is 10.1. The summed E-state index contributed by atoms with van der Waals surface area (Å²) in [5.41, 5.74) is 0. The molecule has 0 aliphatic carbocycles. The highest BCUT2D eigenvalue weighted by Gasteiger charge is 2.14. The van der Waals surface area contributed by atoms with Gasteiger partial charge in [-0.2, -0.15) is 0 Å². The van der Waals surface area contributed by atoms with Crippen LogP contribution in [0.5, 0.6) is 0 Å². The number of hydrogen-bond acceptors (Lipinski definition) is 5. The molecular formula is C13H22N4O. The van der Waals surface area contributed by atoms with E-state index in [9.17, 15) is 5.11 Å². The lowest BCUT2D eigenvalue weighted by Crippen LogP contribution is -2.31. The Labute approximate surface area is 108 Å². The SMILES string of the molecule is C[C@H](O)CN(C)c1cc(N2CCCCC2)ncn1. The highest BCUT2D eigenvalue weighted by molar-refractivity contribution is 5.49. The highest BCUT2D eigenvalue weighted by atomic mass is 16.3. The van der Waals surface area contributed by atoms with Crippen molar-refractivity contribution in [3.8, 4) is 0 Å². The predicted octanol–water partition coefficient (Wildman–Crippen LogP) is 1.28. The van der Waals surface area contributed by atoms with Crippen LogP contribution in [-0.2, 0) is 0 Å². The van der Waals surface area contributed by atoms with Crippen molar-refractivity contribution >= 4 is 11.6 Å². The average Bonchev–Trinajstić information content (AvgIpc) is 2.39. The lowest BCUT2D eigenvalue weighted by Gasteiger charge is -2.28. The van der Waals surface area contributed by atoms with Crippen LogP contribution in [0.25, 0.3) is 0 Å². The maximum atomic E-state index is 9.41. The summed E-state index contributed by atoms with van der Waals surface area (Å²) in [5, 5.41) is 9.41. The number of aliphatic hydroxyl groups is 1. The summed E-state index contributed by atoms with van der Waals surface area (Å²) in [6, 6.07) is 2.01. The Kier molecular flexibility index (Phi) is 4.36. The molecule has 0 spiro atoms. The van der Waals surface area contributed by atoms with E-state index in [-0.39, 0.29) is 6.10 Å². The van der Waals surface area contributed by atoms with Gasteiger partial charge in [0.2, 0.25) is 0 Å². The second-order valence-corrected chi connectivity index (χ2v) is 5.01. The number of nitrogens with zero attached hydrogens (tertiary/aromatic N) is 4. The topological polar surface area (TPSA) is 52.5 Å². The molecule has 1 aromatic heterocycles. The molecule has 1 fully saturated rings. The Morgan fingerprint density at radius 1 is 1.33 bits per heavy atom. The van der Waals surface area contributed by atoms with Crippen LogP contribution in [0.4, 0.5) is 11.6 Å². The fraction of sp³-hybridized carbons (Fsp3) is 0.692. The molecule has 0 radical (unpaired) electrons. The van der Waals surface area contributed by atoms with Crippen molar-refractivity contribution in [2.24, 2.45) is 0 Å². The second-order valence-electron chi connectivity index (χ2n) is 5.01. The number of aliphatic hydroxyl groups excluding tert-OH is 1. The van der Waals surface area contributed by atoms with Gasteiger partial charge in [0.25, 0.3) is 0 Å². The summed E-state index contributed by atoms with van der Waals surface area (Å²) in [7, 11) is 1.94. The van der Waals surface area contributed by atoms with Crippen LogP contribution in [0.15, 0.2) is 12.4 Å². The van der Waals surface area contributed by atoms with Crippen LogP contribution in [0.3, 0.4) is 0 Å². The van der Waals surface area contributed by atoms with Crippen molar-refractivity contribution in [2.45, 2.75) is 32.3 Å². The number of likely N-dealkylation sites (N-methyl/N-ethyl adjacent to an activating group) is 1. The van der Waals surface area contributed by atoms with E-state index in [4.69, 9.17) is 0 Å².